The predicted molar refractivity (Wildman–Crippen MR) is 126 cm³/mol. The van der Waals surface area contributed by atoms with E-state index in [1.807, 2.05) is 4.90 Å². The number of piperidine rings is 1. The van der Waals surface area contributed by atoms with Crippen LogP contribution in [0.3, 0.4) is 0 Å². The van der Waals surface area contributed by atoms with Gasteiger partial charge in [-0.2, -0.15) is 0 Å². The lowest BCUT2D eigenvalue weighted by Crippen LogP contribution is -2.42. The second kappa shape index (κ2) is 11.3. The van der Waals surface area contributed by atoms with E-state index in [4.69, 9.17) is 10.5 Å². The van der Waals surface area contributed by atoms with Gasteiger partial charge in [0.1, 0.15) is 0 Å². The number of nitrogens with one attached hydrogen (secondary N) is 1. The number of hydrogen-bond donors (Lipinski definition) is 2. The highest BCUT2D eigenvalue weighted by Gasteiger charge is 2.25. The third-order valence-corrected chi connectivity index (χ3v) is 8.00. The maximum absolute atomic E-state index is 13.1. The zero-order chi connectivity index (χ0) is 24.0. The van der Waals surface area contributed by atoms with Crippen molar-refractivity contribution in [2.45, 2.75) is 24.2 Å². The van der Waals surface area contributed by atoms with E-state index in [1.54, 1.807) is 12.1 Å². The van der Waals surface area contributed by atoms with Crippen LogP contribution in [0, 0.1) is 5.92 Å². The minimum atomic E-state index is -3.67. The molecule has 3 N–H and O–H groups in total. The number of amides is 2. The number of nitrogens with zero attached hydrogens (tertiary/aromatic N) is 3. The van der Waals surface area contributed by atoms with Crippen LogP contribution in [0.4, 0.5) is 5.69 Å². The zero-order valence-electron chi connectivity index (χ0n) is 19.5. The van der Waals surface area contributed by atoms with Gasteiger partial charge in [-0.15, -0.1) is 0 Å². The maximum atomic E-state index is 13.1. The first kappa shape index (κ1) is 25.4. The molecule has 0 saturated carbocycles. The summed E-state index contributed by atoms with van der Waals surface area (Å²) in [7, 11) is -0.733. The summed E-state index contributed by atoms with van der Waals surface area (Å²) in [6, 6.07) is 4.70. The summed E-state index contributed by atoms with van der Waals surface area (Å²) in [5.41, 5.74) is 6.49. The Morgan fingerprint density at radius 3 is 2.61 bits per heavy atom. The van der Waals surface area contributed by atoms with Crippen molar-refractivity contribution in [3.05, 3.63) is 23.8 Å². The number of hydrogen-bond acceptors (Lipinski definition) is 7. The van der Waals surface area contributed by atoms with Crippen LogP contribution < -0.4 is 16.0 Å². The lowest BCUT2D eigenvalue weighted by Gasteiger charge is -2.31. The zero-order valence-corrected chi connectivity index (χ0v) is 20.3. The normalized spacial score (nSPS) is 20.1. The lowest BCUT2D eigenvalue weighted by molar-refractivity contribution is -0.123. The van der Waals surface area contributed by atoms with E-state index in [0.717, 1.165) is 36.7 Å². The summed E-state index contributed by atoms with van der Waals surface area (Å²) in [5.74, 6) is -0.664. The maximum Gasteiger partial charge on any atom is 0.253 e. The number of morpholine rings is 1. The molecule has 1 aromatic rings. The average molecular weight is 482 g/mol. The third kappa shape index (κ3) is 6.44. The van der Waals surface area contributed by atoms with Gasteiger partial charge in [0.25, 0.3) is 5.91 Å². The molecule has 1 atom stereocenters. The van der Waals surface area contributed by atoms with Crippen molar-refractivity contribution in [3.63, 3.8) is 0 Å². The lowest BCUT2D eigenvalue weighted by atomic mass is 9.97. The van der Waals surface area contributed by atoms with Crippen LogP contribution in [-0.4, -0.2) is 96.0 Å². The van der Waals surface area contributed by atoms with Crippen molar-refractivity contribution in [1.29, 1.82) is 0 Å². The van der Waals surface area contributed by atoms with Gasteiger partial charge in [0.15, 0.2) is 0 Å². The van der Waals surface area contributed by atoms with E-state index in [0.29, 0.717) is 50.6 Å². The summed E-state index contributed by atoms with van der Waals surface area (Å²) < 4.78 is 31.8. The molecule has 2 fully saturated rings. The van der Waals surface area contributed by atoms with Crippen LogP contribution in [0.2, 0.25) is 0 Å². The van der Waals surface area contributed by atoms with Crippen LogP contribution in [0.5, 0.6) is 0 Å². The topological polar surface area (TPSA) is 125 Å². The molecule has 184 valence electrons. The highest BCUT2D eigenvalue weighted by atomic mass is 32.2. The van der Waals surface area contributed by atoms with Crippen molar-refractivity contribution in [2.75, 3.05) is 71.5 Å². The average Bonchev–Trinajstić information content (AvgIpc) is 2.82. The highest BCUT2D eigenvalue weighted by molar-refractivity contribution is 7.89. The van der Waals surface area contributed by atoms with Gasteiger partial charge >= 0.3 is 0 Å². The number of likely N-dealkylation sites (tertiary alicyclic amines) is 1. The monoisotopic (exact) mass is 481 g/mol. The molecule has 1 unspecified atom stereocenters. The van der Waals surface area contributed by atoms with E-state index in [1.165, 1.54) is 20.2 Å². The van der Waals surface area contributed by atoms with Crippen molar-refractivity contribution in [1.82, 2.24) is 14.5 Å². The van der Waals surface area contributed by atoms with Gasteiger partial charge in [0.2, 0.25) is 15.9 Å². The number of benzene rings is 1. The Balaban J connectivity index is 1.67. The number of anilines is 1. The van der Waals surface area contributed by atoms with Gasteiger partial charge in [-0.25, -0.2) is 12.7 Å². The van der Waals surface area contributed by atoms with Crippen molar-refractivity contribution < 1.29 is 22.7 Å². The van der Waals surface area contributed by atoms with Crippen LogP contribution >= 0.6 is 0 Å². The Kier molecular flexibility index (Phi) is 8.69. The molecule has 2 aliphatic rings. The quantitative estimate of drug-likeness (QED) is 0.479. The van der Waals surface area contributed by atoms with E-state index < -0.39 is 10.0 Å². The Hall–Kier alpha value is -2.21. The third-order valence-electron chi connectivity index (χ3n) is 6.19. The molecular weight excluding hydrogens is 446 g/mol. The minimum Gasteiger partial charge on any atom is -0.378 e. The van der Waals surface area contributed by atoms with Crippen molar-refractivity contribution >= 4 is 27.5 Å². The molecule has 0 radical (unpaired) electrons. The molecule has 0 spiro atoms. The SMILES string of the molecule is CN(C)S(=O)(=O)c1ccc(N2CCOCC2)c(C(=O)NCCCN2CCCC(C(N)=O)C2)c1. The number of sulfonamides is 1. The largest absolute Gasteiger partial charge is 0.378 e. The first-order valence-electron chi connectivity index (χ1n) is 11.4. The van der Waals surface area contributed by atoms with Crippen LogP contribution in [-0.2, 0) is 19.6 Å². The van der Waals surface area contributed by atoms with E-state index in [2.05, 4.69) is 10.2 Å². The number of ether oxygens (including phenoxy) is 1. The molecule has 11 heteroatoms. The van der Waals surface area contributed by atoms with Gasteiger partial charge in [-0.3, -0.25) is 9.59 Å². The minimum absolute atomic E-state index is 0.0838. The Morgan fingerprint density at radius 2 is 1.94 bits per heavy atom. The molecule has 33 heavy (non-hydrogen) atoms. The molecule has 0 aliphatic carbocycles. The number of nitrogens with two attached hydrogens (primary N) is 1. The summed E-state index contributed by atoms with van der Waals surface area (Å²) in [4.78, 5) is 28.9. The molecule has 0 bridgehead atoms. The van der Waals surface area contributed by atoms with Crippen LogP contribution in [0.1, 0.15) is 29.6 Å². The summed E-state index contributed by atoms with van der Waals surface area (Å²) in [6.07, 6.45) is 2.49. The van der Waals surface area contributed by atoms with Crippen LogP contribution in [0.15, 0.2) is 23.1 Å². The van der Waals surface area contributed by atoms with E-state index >= 15 is 0 Å². The van der Waals surface area contributed by atoms with E-state index in [9.17, 15) is 18.0 Å². The van der Waals surface area contributed by atoms with Gasteiger partial charge in [0, 0.05) is 46.0 Å². The first-order valence-corrected chi connectivity index (χ1v) is 12.8. The van der Waals surface area contributed by atoms with E-state index in [-0.39, 0.29) is 22.6 Å². The standard InChI is InChI=1S/C22H35N5O5S/c1-25(2)33(30,31)18-6-7-20(27-11-13-32-14-12-27)19(15-18)22(29)24-8-4-10-26-9-3-5-17(16-26)21(23)28/h6-7,15,17H,3-5,8-14,16H2,1-2H3,(H2,23,28)(H,24,29). The summed E-state index contributed by atoms with van der Waals surface area (Å²) in [6.45, 7) is 5.17. The molecule has 1 aromatic carbocycles. The van der Waals surface area contributed by atoms with Crippen molar-refractivity contribution in [2.24, 2.45) is 11.7 Å². The van der Waals surface area contributed by atoms with Gasteiger partial charge < -0.3 is 25.6 Å². The molecular formula is C22H35N5O5S. The first-order chi connectivity index (χ1) is 15.7. The fraction of sp³-hybridized carbons (Fsp3) is 0.636. The molecule has 2 aliphatic heterocycles. The number of carbonyl (C=O) groups is 2. The van der Waals surface area contributed by atoms with Gasteiger partial charge in [-0.05, 0) is 50.6 Å². The second-order valence-corrected chi connectivity index (χ2v) is 10.9. The molecule has 2 amide bonds. The number of carbonyl (C=O) groups excluding carboxylic acids is 2. The summed E-state index contributed by atoms with van der Waals surface area (Å²) >= 11 is 0. The molecule has 0 aromatic heterocycles. The Morgan fingerprint density at radius 1 is 1.21 bits per heavy atom. The number of primary amides is 1. The smallest absolute Gasteiger partial charge is 0.253 e. The Bertz CT molecular complexity index is 946. The highest BCUT2D eigenvalue weighted by Crippen LogP contribution is 2.26. The van der Waals surface area contributed by atoms with Gasteiger partial charge in [0.05, 0.1) is 29.6 Å². The fourth-order valence-electron chi connectivity index (χ4n) is 4.24. The fourth-order valence-corrected chi connectivity index (χ4v) is 5.17. The second-order valence-electron chi connectivity index (χ2n) is 8.72. The van der Waals surface area contributed by atoms with Crippen LogP contribution in [0.25, 0.3) is 0 Å². The molecule has 2 heterocycles. The number of rotatable bonds is 9. The van der Waals surface area contributed by atoms with Crippen molar-refractivity contribution in [3.8, 4) is 0 Å². The Labute approximate surface area is 196 Å². The predicted octanol–water partition coefficient (Wildman–Crippen LogP) is 0.0907. The molecule has 10 nitrogen and oxygen atoms in total. The molecule has 2 saturated heterocycles. The molecule has 3 rings (SSSR count). The van der Waals surface area contributed by atoms with Gasteiger partial charge in [-0.1, -0.05) is 0 Å². The summed E-state index contributed by atoms with van der Waals surface area (Å²) in [5, 5.41) is 2.94.